The molecule has 0 unspecified atom stereocenters. The number of rotatable bonds is 2. The third kappa shape index (κ3) is 3.70. The Kier molecular flexibility index (Phi) is 3.97. The molecular weight excluding hydrogens is 260 g/mol. The standard InChI is InChI=1S/C9H6Cl3NO2/c10-9(11,12)8(15)13-7-3-1-6(5-14)2-4-7/h1-5H,(H,13,15). The van der Waals surface area contributed by atoms with E-state index in [1.54, 1.807) is 12.1 Å². The number of carbonyl (C=O) groups excluding carboxylic acids is 2. The lowest BCUT2D eigenvalue weighted by Gasteiger charge is -2.11. The summed E-state index contributed by atoms with van der Waals surface area (Å²) in [5.74, 6) is -0.744. The van der Waals surface area contributed by atoms with Crippen LogP contribution in [0.5, 0.6) is 0 Å². The number of amides is 1. The number of hydrogen-bond acceptors (Lipinski definition) is 2. The van der Waals surface area contributed by atoms with E-state index < -0.39 is 9.70 Å². The molecule has 1 rings (SSSR count). The van der Waals surface area contributed by atoms with Crippen molar-refractivity contribution in [3.05, 3.63) is 29.8 Å². The van der Waals surface area contributed by atoms with Crippen LogP contribution in [0, 0.1) is 0 Å². The SMILES string of the molecule is O=Cc1ccc(NC(=O)C(Cl)(Cl)Cl)cc1. The molecule has 0 atom stereocenters. The van der Waals surface area contributed by atoms with Gasteiger partial charge in [-0.05, 0) is 24.3 Å². The summed E-state index contributed by atoms with van der Waals surface area (Å²) in [6.07, 6.45) is 0.695. The maximum absolute atomic E-state index is 11.2. The number of alkyl halides is 3. The van der Waals surface area contributed by atoms with Gasteiger partial charge in [-0.2, -0.15) is 0 Å². The van der Waals surface area contributed by atoms with Gasteiger partial charge < -0.3 is 5.32 Å². The third-order valence-electron chi connectivity index (χ3n) is 1.56. The van der Waals surface area contributed by atoms with Crippen LogP contribution in [-0.2, 0) is 4.79 Å². The summed E-state index contributed by atoms with van der Waals surface area (Å²) in [5.41, 5.74) is 0.957. The number of anilines is 1. The Bertz CT molecular complexity index is 370. The van der Waals surface area contributed by atoms with Crippen LogP contribution >= 0.6 is 34.8 Å². The van der Waals surface area contributed by atoms with Crippen LogP contribution in [0.3, 0.4) is 0 Å². The van der Waals surface area contributed by atoms with Crippen LogP contribution in [0.15, 0.2) is 24.3 Å². The van der Waals surface area contributed by atoms with Gasteiger partial charge in [0, 0.05) is 11.3 Å². The smallest absolute Gasteiger partial charge is 0.276 e. The van der Waals surface area contributed by atoms with E-state index in [4.69, 9.17) is 34.8 Å². The Labute approximate surface area is 101 Å². The van der Waals surface area contributed by atoms with E-state index in [9.17, 15) is 9.59 Å². The summed E-state index contributed by atoms with van der Waals surface area (Å²) in [4.78, 5) is 21.6. The number of benzene rings is 1. The van der Waals surface area contributed by atoms with Crippen LogP contribution in [0.4, 0.5) is 5.69 Å². The zero-order chi connectivity index (χ0) is 11.5. The van der Waals surface area contributed by atoms with Crippen molar-refractivity contribution in [3.8, 4) is 0 Å². The number of hydrogen-bond donors (Lipinski definition) is 1. The lowest BCUT2D eigenvalue weighted by molar-refractivity contribution is -0.115. The van der Waals surface area contributed by atoms with Crippen molar-refractivity contribution >= 4 is 52.7 Å². The first-order valence-electron chi connectivity index (χ1n) is 3.87. The molecule has 0 spiro atoms. The van der Waals surface area contributed by atoms with Gasteiger partial charge in [0.05, 0.1) is 0 Å². The third-order valence-corrected chi connectivity index (χ3v) is 2.08. The van der Waals surface area contributed by atoms with E-state index in [0.29, 0.717) is 17.5 Å². The highest BCUT2D eigenvalue weighted by atomic mass is 35.6. The first kappa shape index (κ1) is 12.3. The molecule has 0 heterocycles. The number of halogens is 3. The van der Waals surface area contributed by atoms with E-state index in [2.05, 4.69) is 5.32 Å². The molecule has 0 aliphatic rings. The number of carbonyl (C=O) groups is 2. The van der Waals surface area contributed by atoms with Crippen LogP contribution in [0.2, 0.25) is 0 Å². The molecule has 0 aliphatic carbocycles. The Morgan fingerprint density at radius 3 is 2.13 bits per heavy atom. The summed E-state index contributed by atoms with van der Waals surface area (Å²) in [6, 6.07) is 6.16. The Morgan fingerprint density at radius 2 is 1.73 bits per heavy atom. The molecule has 15 heavy (non-hydrogen) atoms. The molecule has 80 valence electrons. The zero-order valence-corrected chi connectivity index (χ0v) is 9.60. The number of aldehydes is 1. The van der Waals surface area contributed by atoms with Crippen molar-refractivity contribution in [2.45, 2.75) is 3.79 Å². The summed E-state index contributed by atoms with van der Waals surface area (Å²) in [6.45, 7) is 0. The lowest BCUT2D eigenvalue weighted by Crippen LogP contribution is -2.26. The second kappa shape index (κ2) is 4.84. The Morgan fingerprint density at radius 1 is 1.20 bits per heavy atom. The number of nitrogens with one attached hydrogen (secondary N) is 1. The average Bonchev–Trinajstić information content (AvgIpc) is 2.17. The van der Waals surface area contributed by atoms with Crippen molar-refractivity contribution in [3.63, 3.8) is 0 Å². The lowest BCUT2D eigenvalue weighted by atomic mass is 10.2. The molecule has 3 nitrogen and oxygen atoms in total. The van der Waals surface area contributed by atoms with Gasteiger partial charge in [-0.1, -0.05) is 34.8 Å². The van der Waals surface area contributed by atoms with Crippen LogP contribution in [-0.4, -0.2) is 16.0 Å². The summed E-state index contributed by atoms with van der Waals surface area (Å²) in [5, 5.41) is 2.38. The van der Waals surface area contributed by atoms with Gasteiger partial charge in [-0.25, -0.2) is 0 Å². The molecule has 1 aromatic carbocycles. The van der Waals surface area contributed by atoms with Crippen LogP contribution in [0.25, 0.3) is 0 Å². The molecule has 1 amide bonds. The molecule has 1 N–H and O–H groups in total. The van der Waals surface area contributed by atoms with Gasteiger partial charge in [-0.15, -0.1) is 0 Å². The first-order chi connectivity index (χ1) is 6.93. The largest absolute Gasteiger partial charge is 0.322 e. The average molecular weight is 267 g/mol. The fourth-order valence-electron chi connectivity index (χ4n) is 0.847. The Balaban J connectivity index is 2.74. The van der Waals surface area contributed by atoms with Gasteiger partial charge >= 0.3 is 0 Å². The highest BCUT2D eigenvalue weighted by molar-refractivity contribution is 6.76. The zero-order valence-electron chi connectivity index (χ0n) is 7.34. The van der Waals surface area contributed by atoms with E-state index in [1.807, 2.05) is 0 Å². The summed E-state index contributed by atoms with van der Waals surface area (Å²) in [7, 11) is 0. The van der Waals surface area contributed by atoms with Gasteiger partial charge in [-0.3, -0.25) is 9.59 Å². The fourth-order valence-corrected chi connectivity index (χ4v) is 0.989. The summed E-state index contributed by atoms with van der Waals surface area (Å²) >= 11 is 16.1. The topological polar surface area (TPSA) is 46.2 Å². The molecule has 0 fully saturated rings. The van der Waals surface area contributed by atoms with Gasteiger partial charge in [0.1, 0.15) is 6.29 Å². The minimum Gasteiger partial charge on any atom is -0.322 e. The Hall–Kier alpha value is -0.770. The van der Waals surface area contributed by atoms with Crippen LogP contribution < -0.4 is 5.32 Å². The minimum atomic E-state index is -2.00. The molecule has 0 saturated carbocycles. The molecular formula is C9H6Cl3NO2. The predicted molar refractivity (Wildman–Crippen MR) is 60.7 cm³/mol. The van der Waals surface area contributed by atoms with Gasteiger partial charge in [0.2, 0.25) is 0 Å². The first-order valence-corrected chi connectivity index (χ1v) is 5.00. The highest BCUT2D eigenvalue weighted by Crippen LogP contribution is 2.27. The van der Waals surface area contributed by atoms with E-state index >= 15 is 0 Å². The quantitative estimate of drug-likeness (QED) is 0.661. The van der Waals surface area contributed by atoms with E-state index in [1.165, 1.54) is 12.1 Å². The van der Waals surface area contributed by atoms with Crippen molar-refractivity contribution in [1.29, 1.82) is 0 Å². The monoisotopic (exact) mass is 265 g/mol. The van der Waals surface area contributed by atoms with Gasteiger partial charge in [0.25, 0.3) is 9.70 Å². The van der Waals surface area contributed by atoms with Crippen molar-refractivity contribution in [1.82, 2.24) is 0 Å². The van der Waals surface area contributed by atoms with Crippen molar-refractivity contribution in [2.24, 2.45) is 0 Å². The second-order valence-corrected chi connectivity index (χ2v) is 4.97. The fraction of sp³-hybridized carbons (Fsp3) is 0.111. The molecule has 6 heteroatoms. The molecule has 0 aliphatic heterocycles. The van der Waals surface area contributed by atoms with Crippen LogP contribution in [0.1, 0.15) is 10.4 Å². The maximum atomic E-state index is 11.2. The molecule has 1 aromatic rings. The molecule has 0 radical (unpaired) electrons. The molecule has 0 saturated heterocycles. The van der Waals surface area contributed by atoms with E-state index in [-0.39, 0.29) is 0 Å². The minimum absolute atomic E-state index is 0.455. The molecule has 0 aromatic heterocycles. The highest BCUT2D eigenvalue weighted by Gasteiger charge is 2.30. The van der Waals surface area contributed by atoms with E-state index in [0.717, 1.165) is 0 Å². The molecule has 0 bridgehead atoms. The van der Waals surface area contributed by atoms with Crippen molar-refractivity contribution < 1.29 is 9.59 Å². The van der Waals surface area contributed by atoms with Crippen molar-refractivity contribution in [2.75, 3.05) is 5.32 Å². The van der Waals surface area contributed by atoms with Gasteiger partial charge in [0.15, 0.2) is 0 Å². The normalized spacial score (nSPS) is 10.9. The predicted octanol–water partition coefficient (Wildman–Crippen LogP) is 2.81. The maximum Gasteiger partial charge on any atom is 0.276 e. The second-order valence-electron chi connectivity index (χ2n) is 2.69. The summed E-state index contributed by atoms with van der Waals surface area (Å²) < 4.78 is -2.00.